The summed E-state index contributed by atoms with van der Waals surface area (Å²) in [5.74, 6) is 0.255. The van der Waals surface area contributed by atoms with Crippen molar-refractivity contribution in [2.45, 2.75) is 31.3 Å². The van der Waals surface area contributed by atoms with Crippen LogP contribution in [0.15, 0.2) is 58.3 Å². The molecule has 0 saturated heterocycles. The normalized spacial score (nSPS) is 20.0. The average Bonchev–Trinajstić information content (AvgIpc) is 2.88. The first kappa shape index (κ1) is 19.4. The third-order valence-electron chi connectivity index (χ3n) is 4.19. The molecule has 1 aromatic heterocycles. The van der Waals surface area contributed by atoms with Crippen molar-refractivity contribution >= 4 is 40.7 Å². The molecule has 0 bridgehead atoms. The van der Waals surface area contributed by atoms with Gasteiger partial charge in [-0.25, -0.2) is 0 Å². The number of hydrogen-bond acceptors (Lipinski definition) is 5. The van der Waals surface area contributed by atoms with Crippen molar-refractivity contribution in [2.24, 2.45) is 5.92 Å². The second-order valence-electron chi connectivity index (χ2n) is 6.68. The zero-order valence-corrected chi connectivity index (χ0v) is 17.2. The number of aromatic nitrogens is 1. The number of rotatable bonds is 5. The van der Waals surface area contributed by atoms with E-state index in [1.54, 1.807) is 30.2 Å². The Bertz CT molecular complexity index is 809. The third-order valence-corrected chi connectivity index (χ3v) is 5.69. The molecule has 1 unspecified atom stereocenters. The van der Waals surface area contributed by atoms with E-state index in [0.717, 1.165) is 21.3 Å². The van der Waals surface area contributed by atoms with Gasteiger partial charge in [-0.15, -0.1) is 0 Å². The Balaban J connectivity index is 2.10. The minimum atomic E-state index is -0.647. The number of nitrogens with zero attached hydrogens (tertiary/aromatic N) is 2. The fourth-order valence-corrected chi connectivity index (χ4v) is 4.99. The van der Waals surface area contributed by atoms with Crippen molar-refractivity contribution in [1.82, 2.24) is 10.3 Å². The number of aliphatic hydroxyl groups excluding tert-OH is 1. The van der Waals surface area contributed by atoms with Gasteiger partial charge in [-0.1, -0.05) is 48.8 Å². The van der Waals surface area contributed by atoms with E-state index < -0.39 is 5.66 Å². The van der Waals surface area contributed by atoms with E-state index in [2.05, 4.69) is 29.0 Å². The van der Waals surface area contributed by atoms with Gasteiger partial charge in [-0.05, 0) is 43.2 Å². The van der Waals surface area contributed by atoms with Crippen LogP contribution in [0, 0.1) is 5.92 Å². The first-order valence-corrected chi connectivity index (χ1v) is 9.89. The number of nitrogens with one attached hydrogen (secondary N) is 1. The summed E-state index contributed by atoms with van der Waals surface area (Å²) in [6.45, 7) is 6.18. The number of pyridine rings is 1. The molecule has 3 rings (SSSR count). The lowest BCUT2D eigenvalue weighted by molar-refractivity contribution is 0.193. The number of anilines is 1. The van der Waals surface area contributed by atoms with Crippen LogP contribution in [0.4, 0.5) is 5.69 Å². The fourth-order valence-electron chi connectivity index (χ4n) is 2.94. The lowest BCUT2D eigenvalue weighted by atomic mass is 10.1. The molecule has 4 nitrogen and oxygen atoms in total. The summed E-state index contributed by atoms with van der Waals surface area (Å²) in [4.78, 5) is 7.17. The van der Waals surface area contributed by atoms with Crippen LogP contribution in [0.3, 0.4) is 0 Å². The van der Waals surface area contributed by atoms with Gasteiger partial charge in [-0.3, -0.25) is 4.98 Å². The Labute approximate surface area is 168 Å². The number of thioether (sulfide) groups is 1. The van der Waals surface area contributed by atoms with Gasteiger partial charge < -0.3 is 15.3 Å². The van der Waals surface area contributed by atoms with E-state index in [9.17, 15) is 5.11 Å². The summed E-state index contributed by atoms with van der Waals surface area (Å²) < 4.78 is 0. The average molecular weight is 410 g/mol. The predicted molar refractivity (Wildman–Crippen MR) is 110 cm³/mol. The molecular formula is C19H21Cl2N3OS. The highest BCUT2D eigenvalue weighted by molar-refractivity contribution is 8.03. The lowest BCUT2D eigenvalue weighted by Crippen LogP contribution is -2.53. The Morgan fingerprint density at radius 1 is 1.19 bits per heavy atom. The molecule has 2 aromatic rings. The van der Waals surface area contributed by atoms with Gasteiger partial charge in [0.25, 0.3) is 0 Å². The minimum Gasteiger partial charge on any atom is -0.392 e. The van der Waals surface area contributed by atoms with Crippen LogP contribution >= 0.6 is 35.0 Å². The maximum absolute atomic E-state index is 10.1. The number of allylic oxidation sites excluding steroid dienone is 1. The van der Waals surface area contributed by atoms with E-state index in [1.165, 1.54) is 0 Å². The molecule has 138 valence electrons. The second kappa shape index (κ2) is 7.69. The predicted octanol–water partition coefficient (Wildman–Crippen LogP) is 5.12. The summed E-state index contributed by atoms with van der Waals surface area (Å²) in [5, 5.41) is 15.8. The van der Waals surface area contributed by atoms with E-state index in [-0.39, 0.29) is 12.5 Å². The Kier molecular flexibility index (Phi) is 5.72. The zero-order valence-electron chi connectivity index (χ0n) is 14.8. The van der Waals surface area contributed by atoms with Gasteiger partial charge in [-0.2, -0.15) is 0 Å². The monoisotopic (exact) mass is 409 g/mol. The number of hydrogen-bond donors (Lipinski definition) is 2. The minimum absolute atomic E-state index is 0.0497. The van der Waals surface area contributed by atoms with Gasteiger partial charge in [0.15, 0.2) is 0 Å². The smallest absolute Gasteiger partial charge is 0.136 e. The summed E-state index contributed by atoms with van der Waals surface area (Å²) in [7, 11) is 0. The van der Waals surface area contributed by atoms with Crippen molar-refractivity contribution in [3.8, 4) is 0 Å². The molecule has 2 heterocycles. The van der Waals surface area contributed by atoms with E-state index in [4.69, 9.17) is 23.2 Å². The van der Waals surface area contributed by atoms with Crippen LogP contribution in [-0.4, -0.2) is 22.4 Å². The summed E-state index contributed by atoms with van der Waals surface area (Å²) >= 11 is 13.9. The lowest BCUT2D eigenvalue weighted by Gasteiger charge is -2.37. The highest BCUT2D eigenvalue weighted by atomic mass is 35.5. The van der Waals surface area contributed by atoms with Gasteiger partial charge in [0.2, 0.25) is 0 Å². The van der Waals surface area contributed by atoms with Crippen molar-refractivity contribution in [1.29, 1.82) is 0 Å². The van der Waals surface area contributed by atoms with Gasteiger partial charge in [0.1, 0.15) is 10.7 Å². The number of halogens is 2. The number of aliphatic hydroxyl groups is 1. The molecule has 1 atom stereocenters. The van der Waals surface area contributed by atoms with Crippen molar-refractivity contribution < 1.29 is 5.11 Å². The molecule has 0 fully saturated rings. The first-order valence-electron chi connectivity index (χ1n) is 8.31. The molecule has 1 aliphatic rings. The van der Waals surface area contributed by atoms with Crippen LogP contribution in [0.1, 0.15) is 20.8 Å². The SMILES string of the molecule is CC(C)C1=C(Sc2cc(Cl)cc(Cl)c2)N(c2ccncc2)C(C)(CO)N1. The molecule has 0 radical (unpaired) electrons. The van der Waals surface area contributed by atoms with Crippen LogP contribution in [-0.2, 0) is 0 Å². The summed E-state index contributed by atoms with van der Waals surface area (Å²) in [5.41, 5.74) is 1.38. The quantitative estimate of drug-likeness (QED) is 0.716. The molecule has 0 saturated carbocycles. The van der Waals surface area contributed by atoms with Crippen molar-refractivity contribution in [3.63, 3.8) is 0 Å². The Hall–Kier alpha value is -1.40. The largest absolute Gasteiger partial charge is 0.392 e. The third kappa shape index (κ3) is 3.81. The van der Waals surface area contributed by atoms with Crippen LogP contribution < -0.4 is 10.2 Å². The van der Waals surface area contributed by atoms with Gasteiger partial charge in [0, 0.05) is 38.7 Å². The van der Waals surface area contributed by atoms with E-state index in [1.807, 2.05) is 31.2 Å². The first-order chi connectivity index (χ1) is 12.3. The molecule has 1 aliphatic heterocycles. The van der Waals surface area contributed by atoms with Crippen LogP contribution in [0.5, 0.6) is 0 Å². The second-order valence-corrected chi connectivity index (χ2v) is 8.61. The fraction of sp³-hybridized carbons (Fsp3) is 0.316. The maximum atomic E-state index is 10.1. The van der Waals surface area contributed by atoms with Crippen molar-refractivity contribution in [2.75, 3.05) is 11.5 Å². The number of benzene rings is 1. The highest BCUT2D eigenvalue weighted by Gasteiger charge is 2.42. The molecule has 2 N–H and O–H groups in total. The zero-order chi connectivity index (χ0) is 18.9. The molecule has 0 spiro atoms. The standard InChI is InChI=1S/C19H21Cl2N3OS/c1-12(2)17-18(26-16-9-13(20)8-14(21)10-16)24(19(3,11-25)23-17)15-4-6-22-7-5-15/h4-10,12,23,25H,11H2,1-3H3. The van der Waals surface area contributed by atoms with Gasteiger partial charge in [0.05, 0.1) is 6.61 Å². The highest BCUT2D eigenvalue weighted by Crippen LogP contribution is 2.44. The molecule has 26 heavy (non-hydrogen) atoms. The molecule has 7 heteroatoms. The van der Waals surface area contributed by atoms with Gasteiger partial charge >= 0.3 is 0 Å². The summed E-state index contributed by atoms with van der Waals surface area (Å²) in [6.07, 6.45) is 3.50. The van der Waals surface area contributed by atoms with Crippen LogP contribution in [0.25, 0.3) is 0 Å². The van der Waals surface area contributed by atoms with Crippen molar-refractivity contribution in [3.05, 3.63) is 63.5 Å². The molecule has 1 aromatic carbocycles. The Morgan fingerprint density at radius 3 is 2.35 bits per heavy atom. The molecule has 0 amide bonds. The van der Waals surface area contributed by atoms with Crippen LogP contribution in [0.2, 0.25) is 10.0 Å². The summed E-state index contributed by atoms with van der Waals surface area (Å²) in [6, 6.07) is 9.37. The molecular weight excluding hydrogens is 389 g/mol. The maximum Gasteiger partial charge on any atom is 0.136 e. The van der Waals surface area contributed by atoms with E-state index >= 15 is 0 Å². The van der Waals surface area contributed by atoms with E-state index in [0.29, 0.717) is 10.0 Å². The Morgan fingerprint density at radius 2 is 1.81 bits per heavy atom. The molecule has 0 aliphatic carbocycles. The topological polar surface area (TPSA) is 48.4 Å².